The number of halogens is 1. The van der Waals surface area contributed by atoms with Crippen LogP contribution in [-0.4, -0.2) is 13.2 Å². The minimum absolute atomic E-state index is 0.531. The van der Waals surface area contributed by atoms with Crippen LogP contribution < -0.4 is 9.47 Å². The Morgan fingerprint density at radius 3 is 2.29 bits per heavy atom. The Labute approximate surface area is 137 Å². The second-order valence-corrected chi connectivity index (χ2v) is 5.80. The Hall–Kier alpha value is -1.75. The van der Waals surface area contributed by atoms with Crippen LogP contribution in [0.25, 0.3) is 10.8 Å². The van der Waals surface area contributed by atoms with E-state index in [0.717, 1.165) is 15.1 Å². The quantitative estimate of drug-likeness (QED) is 0.456. The SMILES string of the molecule is Ic1ccccc1OCCOc1ccc2ccccc2c1. The van der Waals surface area contributed by atoms with Crippen LogP contribution in [0, 0.1) is 3.57 Å². The van der Waals surface area contributed by atoms with Crippen molar-refractivity contribution in [3.8, 4) is 11.5 Å². The van der Waals surface area contributed by atoms with Crippen molar-refractivity contribution in [3.05, 3.63) is 70.3 Å². The molecule has 0 saturated heterocycles. The summed E-state index contributed by atoms with van der Waals surface area (Å²) < 4.78 is 12.6. The van der Waals surface area contributed by atoms with Gasteiger partial charge in [-0.25, -0.2) is 0 Å². The predicted octanol–water partition coefficient (Wildman–Crippen LogP) is 4.90. The molecule has 0 saturated carbocycles. The highest BCUT2D eigenvalue weighted by molar-refractivity contribution is 14.1. The minimum atomic E-state index is 0.531. The topological polar surface area (TPSA) is 18.5 Å². The van der Waals surface area contributed by atoms with Gasteiger partial charge in [0.15, 0.2) is 0 Å². The maximum absolute atomic E-state index is 5.75. The molecular weight excluding hydrogens is 375 g/mol. The first-order valence-electron chi connectivity index (χ1n) is 6.82. The summed E-state index contributed by atoms with van der Waals surface area (Å²) in [5, 5.41) is 2.41. The highest BCUT2D eigenvalue weighted by Gasteiger charge is 2.00. The number of hydrogen-bond acceptors (Lipinski definition) is 2. The minimum Gasteiger partial charge on any atom is -0.490 e. The highest BCUT2D eigenvalue weighted by atomic mass is 127. The van der Waals surface area contributed by atoms with Gasteiger partial charge in [0, 0.05) is 0 Å². The van der Waals surface area contributed by atoms with E-state index in [9.17, 15) is 0 Å². The molecule has 0 heterocycles. The number of hydrogen-bond donors (Lipinski definition) is 0. The number of para-hydroxylation sites is 1. The van der Waals surface area contributed by atoms with E-state index < -0.39 is 0 Å². The lowest BCUT2D eigenvalue weighted by molar-refractivity contribution is 0.216. The molecule has 0 amide bonds. The zero-order valence-electron chi connectivity index (χ0n) is 11.5. The summed E-state index contributed by atoms with van der Waals surface area (Å²) in [7, 11) is 0. The monoisotopic (exact) mass is 390 g/mol. The van der Waals surface area contributed by atoms with Crippen molar-refractivity contribution in [1.29, 1.82) is 0 Å². The molecular formula is C18H15IO2. The van der Waals surface area contributed by atoms with E-state index in [1.165, 1.54) is 10.8 Å². The van der Waals surface area contributed by atoms with Crippen LogP contribution in [0.15, 0.2) is 66.7 Å². The molecule has 3 aromatic rings. The first-order valence-corrected chi connectivity index (χ1v) is 7.90. The van der Waals surface area contributed by atoms with Gasteiger partial charge in [0.25, 0.3) is 0 Å². The molecule has 0 atom stereocenters. The fourth-order valence-corrected chi connectivity index (χ4v) is 2.67. The van der Waals surface area contributed by atoms with Gasteiger partial charge < -0.3 is 9.47 Å². The largest absolute Gasteiger partial charge is 0.490 e. The van der Waals surface area contributed by atoms with Gasteiger partial charge in [0.1, 0.15) is 24.7 Å². The maximum atomic E-state index is 5.75. The summed E-state index contributed by atoms with van der Waals surface area (Å²) in [4.78, 5) is 0. The predicted molar refractivity (Wildman–Crippen MR) is 94.1 cm³/mol. The van der Waals surface area contributed by atoms with Crippen molar-refractivity contribution >= 4 is 33.4 Å². The molecule has 0 aromatic heterocycles. The van der Waals surface area contributed by atoms with Gasteiger partial charge in [-0.3, -0.25) is 0 Å². The summed E-state index contributed by atoms with van der Waals surface area (Å²) in [5.41, 5.74) is 0. The molecule has 3 aromatic carbocycles. The molecule has 106 valence electrons. The van der Waals surface area contributed by atoms with E-state index in [1.807, 2.05) is 42.5 Å². The third-order valence-electron chi connectivity index (χ3n) is 3.17. The van der Waals surface area contributed by atoms with E-state index in [4.69, 9.17) is 9.47 Å². The molecule has 3 heteroatoms. The van der Waals surface area contributed by atoms with Crippen LogP contribution in [0.2, 0.25) is 0 Å². The Balaban J connectivity index is 1.56. The molecule has 0 radical (unpaired) electrons. The summed E-state index contributed by atoms with van der Waals surface area (Å²) in [6, 6.07) is 22.4. The van der Waals surface area contributed by atoms with E-state index in [1.54, 1.807) is 0 Å². The summed E-state index contributed by atoms with van der Waals surface area (Å²) in [5.74, 6) is 1.78. The van der Waals surface area contributed by atoms with Crippen LogP contribution in [0.5, 0.6) is 11.5 Å². The van der Waals surface area contributed by atoms with Gasteiger partial charge in [-0.15, -0.1) is 0 Å². The molecule has 0 unspecified atom stereocenters. The average Bonchev–Trinajstić information content (AvgIpc) is 2.53. The molecule has 0 aliphatic heterocycles. The smallest absolute Gasteiger partial charge is 0.132 e. The molecule has 0 aliphatic carbocycles. The molecule has 0 fully saturated rings. The molecule has 2 nitrogen and oxygen atoms in total. The van der Waals surface area contributed by atoms with Crippen LogP contribution in [0.1, 0.15) is 0 Å². The Bertz CT molecular complexity index is 740. The van der Waals surface area contributed by atoms with Gasteiger partial charge in [0.2, 0.25) is 0 Å². The lowest BCUT2D eigenvalue weighted by Crippen LogP contribution is -2.09. The molecule has 21 heavy (non-hydrogen) atoms. The molecule has 0 aliphatic rings. The molecule has 3 rings (SSSR count). The second-order valence-electron chi connectivity index (χ2n) is 4.64. The van der Waals surface area contributed by atoms with Crippen molar-refractivity contribution < 1.29 is 9.47 Å². The van der Waals surface area contributed by atoms with Gasteiger partial charge in [-0.05, 0) is 57.6 Å². The van der Waals surface area contributed by atoms with Crippen molar-refractivity contribution in [3.63, 3.8) is 0 Å². The Morgan fingerprint density at radius 1 is 0.714 bits per heavy atom. The van der Waals surface area contributed by atoms with Crippen LogP contribution >= 0.6 is 22.6 Å². The maximum Gasteiger partial charge on any atom is 0.132 e. The molecule has 0 spiro atoms. The zero-order valence-corrected chi connectivity index (χ0v) is 13.6. The first kappa shape index (κ1) is 14.2. The third kappa shape index (κ3) is 3.67. The van der Waals surface area contributed by atoms with Crippen LogP contribution in [0.4, 0.5) is 0 Å². The zero-order chi connectivity index (χ0) is 14.5. The van der Waals surface area contributed by atoms with E-state index in [2.05, 4.69) is 46.9 Å². The van der Waals surface area contributed by atoms with Crippen molar-refractivity contribution in [2.45, 2.75) is 0 Å². The van der Waals surface area contributed by atoms with Crippen LogP contribution in [0.3, 0.4) is 0 Å². The average molecular weight is 390 g/mol. The van der Waals surface area contributed by atoms with Gasteiger partial charge in [-0.1, -0.05) is 42.5 Å². The molecule has 0 bridgehead atoms. The van der Waals surface area contributed by atoms with Crippen LogP contribution in [-0.2, 0) is 0 Å². The lowest BCUT2D eigenvalue weighted by atomic mass is 10.1. The first-order chi connectivity index (χ1) is 10.3. The number of ether oxygens (including phenoxy) is 2. The fraction of sp³-hybridized carbons (Fsp3) is 0.111. The van der Waals surface area contributed by atoms with Crippen molar-refractivity contribution in [1.82, 2.24) is 0 Å². The molecule has 0 N–H and O–H groups in total. The highest BCUT2D eigenvalue weighted by Crippen LogP contribution is 2.21. The fourth-order valence-electron chi connectivity index (χ4n) is 2.13. The van der Waals surface area contributed by atoms with E-state index >= 15 is 0 Å². The van der Waals surface area contributed by atoms with Crippen molar-refractivity contribution in [2.24, 2.45) is 0 Å². The number of fused-ring (bicyclic) bond motifs is 1. The van der Waals surface area contributed by atoms with Crippen molar-refractivity contribution in [2.75, 3.05) is 13.2 Å². The number of rotatable bonds is 5. The Morgan fingerprint density at radius 2 is 1.43 bits per heavy atom. The normalized spacial score (nSPS) is 10.5. The summed E-state index contributed by atoms with van der Waals surface area (Å²) in [6.07, 6.45) is 0. The van der Waals surface area contributed by atoms with Gasteiger partial charge in [-0.2, -0.15) is 0 Å². The van der Waals surface area contributed by atoms with E-state index in [-0.39, 0.29) is 0 Å². The van der Waals surface area contributed by atoms with E-state index in [0.29, 0.717) is 13.2 Å². The summed E-state index contributed by atoms with van der Waals surface area (Å²) in [6.45, 7) is 1.07. The Kier molecular flexibility index (Phi) is 4.60. The van der Waals surface area contributed by atoms with Gasteiger partial charge >= 0.3 is 0 Å². The standard InChI is InChI=1S/C18H15IO2/c19-17-7-3-4-8-18(17)21-12-11-20-16-10-9-14-5-1-2-6-15(14)13-16/h1-10,13H,11-12H2. The number of benzene rings is 3. The lowest BCUT2D eigenvalue weighted by Gasteiger charge is -2.10. The second kappa shape index (κ2) is 6.80. The summed E-state index contributed by atoms with van der Waals surface area (Å²) >= 11 is 2.27. The third-order valence-corrected chi connectivity index (χ3v) is 4.06. The van der Waals surface area contributed by atoms with Gasteiger partial charge in [0.05, 0.1) is 3.57 Å².